The van der Waals surface area contributed by atoms with Crippen molar-refractivity contribution in [1.29, 1.82) is 0 Å². The highest BCUT2D eigenvalue weighted by Gasteiger charge is 2.21. The van der Waals surface area contributed by atoms with Crippen LogP contribution in [0.1, 0.15) is 32.4 Å². The molecule has 1 heterocycles. The van der Waals surface area contributed by atoms with Crippen LogP contribution in [0, 0.1) is 0 Å². The molecular weight excluding hydrogens is 240 g/mol. The molecule has 0 amide bonds. The summed E-state index contributed by atoms with van der Waals surface area (Å²) in [5.41, 5.74) is 6.03. The predicted octanol–water partition coefficient (Wildman–Crippen LogP) is 1.08. The van der Waals surface area contributed by atoms with Gasteiger partial charge in [0.25, 0.3) is 0 Å². The molecule has 19 heavy (non-hydrogen) atoms. The molecule has 0 unspecified atom stereocenters. The van der Waals surface area contributed by atoms with Crippen LogP contribution in [0.2, 0.25) is 0 Å². The van der Waals surface area contributed by atoms with Gasteiger partial charge in [-0.3, -0.25) is 9.98 Å². The minimum atomic E-state index is -0.743. The third-order valence-electron chi connectivity index (χ3n) is 3.27. The Kier molecular flexibility index (Phi) is 6.29. The Morgan fingerprint density at radius 1 is 1.42 bits per heavy atom. The lowest BCUT2D eigenvalue weighted by Gasteiger charge is -2.22. The molecule has 0 aliphatic carbocycles. The highest BCUT2D eigenvalue weighted by molar-refractivity contribution is 5.77. The van der Waals surface area contributed by atoms with Crippen LogP contribution in [0.25, 0.3) is 0 Å². The molecule has 4 N–H and O–H groups in total. The quantitative estimate of drug-likeness (QED) is 0.508. The van der Waals surface area contributed by atoms with Crippen LogP contribution in [0.15, 0.2) is 29.4 Å². The van der Waals surface area contributed by atoms with Crippen molar-refractivity contribution in [3.63, 3.8) is 0 Å². The zero-order chi connectivity index (χ0) is 14.1. The molecule has 5 nitrogen and oxygen atoms in total. The summed E-state index contributed by atoms with van der Waals surface area (Å²) < 4.78 is 0. The molecule has 106 valence electrons. The van der Waals surface area contributed by atoms with Gasteiger partial charge in [0.15, 0.2) is 5.96 Å². The van der Waals surface area contributed by atoms with Gasteiger partial charge in [-0.05, 0) is 25.0 Å². The first-order valence-electron chi connectivity index (χ1n) is 6.75. The fraction of sp³-hybridized carbons (Fsp3) is 0.571. The van der Waals surface area contributed by atoms with Crippen LogP contribution < -0.4 is 11.1 Å². The van der Waals surface area contributed by atoms with E-state index in [0.29, 0.717) is 31.9 Å². The van der Waals surface area contributed by atoms with Gasteiger partial charge in [-0.2, -0.15) is 0 Å². The third kappa shape index (κ3) is 5.70. The summed E-state index contributed by atoms with van der Waals surface area (Å²) in [5.74, 6) is 0.372. The number of aromatic nitrogens is 1. The van der Waals surface area contributed by atoms with E-state index in [0.717, 1.165) is 12.1 Å². The largest absolute Gasteiger partial charge is 0.388 e. The van der Waals surface area contributed by atoms with Crippen LogP contribution in [0.3, 0.4) is 0 Å². The van der Waals surface area contributed by atoms with Crippen molar-refractivity contribution >= 4 is 5.96 Å². The molecule has 0 aromatic carbocycles. The van der Waals surface area contributed by atoms with Gasteiger partial charge in [0.05, 0.1) is 12.1 Å². The van der Waals surface area contributed by atoms with E-state index in [1.54, 1.807) is 6.20 Å². The van der Waals surface area contributed by atoms with Gasteiger partial charge in [-0.1, -0.05) is 19.9 Å². The van der Waals surface area contributed by atoms with E-state index in [2.05, 4.69) is 15.3 Å². The summed E-state index contributed by atoms with van der Waals surface area (Å²) >= 11 is 0. The number of guanidine groups is 1. The normalized spacial score (nSPS) is 12.5. The highest BCUT2D eigenvalue weighted by atomic mass is 16.3. The maximum Gasteiger partial charge on any atom is 0.188 e. The highest BCUT2D eigenvalue weighted by Crippen LogP contribution is 2.14. The summed E-state index contributed by atoms with van der Waals surface area (Å²) in [5, 5.41) is 13.1. The number of pyridine rings is 1. The second kappa shape index (κ2) is 7.74. The standard InChI is InChI=1S/C14H24N4O/c1-3-14(19,4-2)11-18-13(15)17-10-8-12-7-5-6-9-16-12/h5-7,9,19H,3-4,8,10-11H2,1-2H3,(H3,15,17,18). The van der Waals surface area contributed by atoms with Crippen molar-refractivity contribution in [3.8, 4) is 0 Å². The molecule has 0 radical (unpaired) electrons. The van der Waals surface area contributed by atoms with Gasteiger partial charge in [0.1, 0.15) is 0 Å². The van der Waals surface area contributed by atoms with E-state index in [1.807, 2.05) is 32.0 Å². The van der Waals surface area contributed by atoms with Crippen molar-refractivity contribution in [2.75, 3.05) is 13.1 Å². The second-order valence-corrected chi connectivity index (χ2v) is 4.63. The van der Waals surface area contributed by atoms with Crippen LogP contribution in [0.4, 0.5) is 0 Å². The Morgan fingerprint density at radius 2 is 2.16 bits per heavy atom. The lowest BCUT2D eigenvalue weighted by atomic mass is 9.98. The fourth-order valence-electron chi connectivity index (χ4n) is 1.63. The van der Waals surface area contributed by atoms with Crippen LogP contribution in [-0.4, -0.2) is 34.7 Å². The van der Waals surface area contributed by atoms with Gasteiger partial charge >= 0.3 is 0 Å². The maximum atomic E-state index is 10.1. The monoisotopic (exact) mass is 264 g/mol. The van der Waals surface area contributed by atoms with Gasteiger partial charge in [0, 0.05) is 24.9 Å². The summed E-state index contributed by atoms with van der Waals surface area (Å²) in [6, 6.07) is 5.83. The fourth-order valence-corrected chi connectivity index (χ4v) is 1.63. The number of rotatable bonds is 7. The number of nitrogens with two attached hydrogens (primary N) is 1. The van der Waals surface area contributed by atoms with E-state index in [-0.39, 0.29) is 0 Å². The third-order valence-corrected chi connectivity index (χ3v) is 3.27. The van der Waals surface area contributed by atoms with Crippen molar-refractivity contribution in [2.45, 2.75) is 38.7 Å². The van der Waals surface area contributed by atoms with Crippen molar-refractivity contribution < 1.29 is 5.11 Å². The van der Waals surface area contributed by atoms with E-state index in [4.69, 9.17) is 5.73 Å². The number of hydrogen-bond donors (Lipinski definition) is 3. The molecule has 0 saturated heterocycles. The Bertz CT molecular complexity index is 388. The Morgan fingerprint density at radius 3 is 2.74 bits per heavy atom. The smallest absolute Gasteiger partial charge is 0.188 e. The number of aliphatic imine (C=N–C) groups is 1. The summed E-state index contributed by atoms with van der Waals surface area (Å²) in [6.45, 7) is 4.92. The minimum Gasteiger partial charge on any atom is -0.388 e. The minimum absolute atomic E-state index is 0.336. The van der Waals surface area contributed by atoms with Crippen molar-refractivity contribution in [2.24, 2.45) is 10.7 Å². The molecule has 5 heteroatoms. The number of hydrogen-bond acceptors (Lipinski definition) is 3. The first-order chi connectivity index (χ1) is 9.09. The van der Waals surface area contributed by atoms with Gasteiger partial charge in [-0.25, -0.2) is 0 Å². The lowest BCUT2D eigenvalue weighted by molar-refractivity contribution is 0.0418. The van der Waals surface area contributed by atoms with Crippen molar-refractivity contribution in [3.05, 3.63) is 30.1 Å². The SMILES string of the molecule is CCC(O)(CC)CN=C(N)NCCc1ccccn1. The average molecular weight is 264 g/mol. The predicted molar refractivity (Wildman–Crippen MR) is 78.0 cm³/mol. The van der Waals surface area contributed by atoms with Crippen molar-refractivity contribution in [1.82, 2.24) is 10.3 Å². The summed E-state index contributed by atoms with van der Waals surface area (Å²) in [4.78, 5) is 8.41. The number of nitrogens with zero attached hydrogens (tertiary/aromatic N) is 2. The van der Waals surface area contributed by atoms with E-state index >= 15 is 0 Å². The second-order valence-electron chi connectivity index (χ2n) is 4.63. The molecule has 0 fully saturated rings. The first kappa shape index (κ1) is 15.4. The molecule has 1 aromatic heterocycles. The lowest BCUT2D eigenvalue weighted by Crippen LogP contribution is -2.37. The van der Waals surface area contributed by atoms with Crippen LogP contribution >= 0.6 is 0 Å². The van der Waals surface area contributed by atoms with Crippen LogP contribution in [-0.2, 0) is 6.42 Å². The Labute approximate surface area is 115 Å². The molecule has 1 rings (SSSR count). The van der Waals surface area contributed by atoms with Gasteiger partial charge < -0.3 is 16.2 Å². The molecule has 0 saturated carbocycles. The molecular formula is C14H24N4O. The Balaban J connectivity index is 2.33. The van der Waals surface area contributed by atoms with E-state index in [1.165, 1.54) is 0 Å². The number of aliphatic hydroxyl groups is 1. The first-order valence-corrected chi connectivity index (χ1v) is 6.75. The van der Waals surface area contributed by atoms with E-state index < -0.39 is 5.60 Å². The zero-order valence-corrected chi connectivity index (χ0v) is 11.8. The molecule has 0 bridgehead atoms. The van der Waals surface area contributed by atoms with Crippen LogP contribution in [0.5, 0.6) is 0 Å². The van der Waals surface area contributed by atoms with Gasteiger partial charge in [-0.15, -0.1) is 0 Å². The summed E-state index contributed by atoms with van der Waals surface area (Å²) in [6.07, 6.45) is 3.92. The average Bonchev–Trinajstić information content (AvgIpc) is 2.46. The topological polar surface area (TPSA) is 83.5 Å². The summed E-state index contributed by atoms with van der Waals surface area (Å²) in [7, 11) is 0. The molecule has 0 spiro atoms. The molecule has 0 aliphatic heterocycles. The Hall–Kier alpha value is -1.62. The molecule has 1 aromatic rings. The van der Waals surface area contributed by atoms with E-state index in [9.17, 15) is 5.11 Å². The van der Waals surface area contributed by atoms with Gasteiger partial charge in [0.2, 0.25) is 0 Å². The molecule has 0 aliphatic rings. The maximum absolute atomic E-state index is 10.1. The number of nitrogens with one attached hydrogen (secondary N) is 1. The zero-order valence-electron chi connectivity index (χ0n) is 11.8. The molecule has 0 atom stereocenters.